The van der Waals surface area contributed by atoms with Gasteiger partial charge in [0.2, 0.25) is 11.8 Å². The molecule has 224 valence electrons. The van der Waals surface area contributed by atoms with E-state index in [2.05, 4.69) is 31.4 Å². The van der Waals surface area contributed by atoms with E-state index in [0.29, 0.717) is 42.1 Å². The zero-order valence-electron chi connectivity index (χ0n) is 23.9. The molecule has 4 aliphatic carbocycles. The Hall–Kier alpha value is -1.23. The fourth-order valence-electron chi connectivity index (χ4n) is 9.54. The molecule has 10 heteroatoms. The van der Waals surface area contributed by atoms with Gasteiger partial charge in [0.15, 0.2) is 0 Å². The summed E-state index contributed by atoms with van der Waals surface area (Å²) in [4.78, 5) is 24.1. The van der Waals surface area contributed by atoms with Gasteiger partial charge in [0.25, 0.3) is 10.1 Å². The van der Waals surface area contributed by atoms with Crippen LogP contribution in [0.1, 0.15) is 91.4 Å². The molecule has 9 nitrogen and oxygen atoms in total. The highest BCUT2D eigenvalue weighted by Crippen LogP contribution is 2.68. The summed E-state index contributed by atoms with van der Waals surface area (Å²) in [5, 5.41) is 27.0. The number of fused-ring (bicyclic) bond motifs is 5. The lowest BCUT2D eigenvalue weighted by Crippen LogP contribution is -2.58. The minimum absolute atomic E-state index is 0.0289. The fourth-order valence-corrected chi connectivity index (χ4v) is 9.90. The third-order valence-electron chi connectivity index (χ3n) is 11.6. The second kappa shape index (κ2) is 11.9. The molecule has 0 aromatic carbocycles. The van der Waals surface area contributed by atoms with Crippen LogP contribution in [0.2, 0.25) is 0 Å². The van der Waals surface area contributed by atoms with E-state index >= 15 is 0 Å². The first-order valence-electron chi connectivity index (χ1n) is 15.1. The quantitative estimate of drug-likeness (QED) is 0.253. The Morgan fingerprint density at radius 1 is 0.897 bits per heavy atom. The van der Waals surface area contributed by atoms with Crippen molar-refractivity contribution >= 4 is 21.9 Å². The number of hydrogen-bond acceptors (Lipinski definition) is 6. The van der Waals surface area contributed by atoms with E-state index in [1.54, 1.807) is 0 Å². The third-order valence-corrected chi connectivity index (χ3v) is 12.3. The maximum atomic E-state index is 12.3. The maximum absolute atomic E-state index is 12.3. The third kappa shape index (κ3) is 6.65. The number of rotatable bonds is 10. The Morgan fingerprint density at radius 3 is 2.18 bits per heavy atom. The molecule has 1 unspecified atom stereocenters. The summed E-state index contributed by atoms with van der Waals surface area (Å²) in [6, 6.07) is 0. The SMILES string of the molecule is CC(CCNC(=O)CCC(=O)NCCS(=O)(=O)O)[C@H]1CC[C@H]2[C@@H]3[C@@H](O)C[C@@H]4C[C@H](O)CC[C@]4(C)[C@H]3CC[C@]12C. The van der Waals surface area contributed by atoms with Crippen LogP contribution in [0, 0.1) is 46.3 Å². The second-order valence-corrected chi connectivity index (χ2v) is 15.3. The van der Waals surface area contributed by atoms with E-state index in [1.165, 1.54) is 6.42 Å². The van der Waals surface area contributed by atoms with Crippen LogP contribution in [0.15, 0.2) is 0 Å². The van der Waals surface area contributed by atoms with Crippen molar-refractivity contribution < 1.29 is 32.8 Å². The van der Waals surface area contributed by atoms with Gasteiger partial charge in [0, 0.05) is 25.9 Å². The van der Waals surface area contributed by atoms with Gasteiger partial charge in [-0.3, -0.25) is 14.1 Å². The highest BCUT2D eigenvalue weighted by Gasteiger charge is 2.62. The minimum Gasteiger partial charge on any atom is -0.393 e. The van der Waals surface area contributed by atoms with E-state index in [0.717, 1.165) is 51.4 Å². The molecule has 4 fully saturated rings. The Morgan fingerprint density at radius 2 is 1.51 bits per heavy atom. The van der Waals surface area contributed by atoms with Crippen molar-refractivity contribution in [3.63, 3.8) is 0 Å². The van der Waals surface area contributed by atoms with Crippen LogP contribution in [-0.4, -0.2) is 66.0 Å². The first kappa shape index (κ1) is 30.7. The smallest absolute Gasteiger partial charge is 0.266 e. The minimum atomic E-state index is -4.12. The van der Waals surface area contributed by atoms with Gasteiger partial charge >= 0.3 is 0 Å². The highest BCUT2D eigenvalue weighted by atomic mass is 32.2. The van der Waals surface area contributed by atoms with E-state index in [4.69, 9.17) is 4.55 Å². The molecule has 4 rings (SSSR count). The lowest BCUT2D eigenvalue weighted by Gasteiger charge is -2.62. The topological polar surface area (TPSA) is 153 Å². The number of hydrogen-bond donors (Lipinski definition) is 5. The largest absolute Gasteiger partial charge is 0.393 e. The molecular formula is C29H50N2O7S. The summed E-state index contributed by atoms with van der Waals surface area (Å²) in [5.74, 6) is 1.66. The van der Waals surface area contributed by atoms with Crippen molar-refractivity contribution in [1.82, 2.24) is 10.6 Å². The van der Waals surface area contributed by atoms with Crippen LogP contribution >= 0.6 is 0 Å². The van der Waals surface area contributed by atoms with Gasteiger partial charge in [0.05, 0.1) is 18.0 Å². The van der Waals surface area contributed by atoms with Gasteiger partial charge in [-0.2, -0.15) is 8.42 Å². The van der Waals surface area contributed by atoms with E-state index < -0.39 is 21.8 Å². The van der Waals surface area contributed by atoms with Gasteiger partial charge in [-0.15, -0.1) is 0 Å². The van der Waals surface area contributed by atoms with Crippen LogP contribution < -0.4 is 10.6 Å². The Labute approximate surface area is 234 Å². The number of carbonyl (C=O) groups is 2. The molecule has 39 heavy (non-hydrogen) atoms. The van der Waals surface area contributed by atoms with Crippen LogP contribution in [0.3, 0.4) is 0 Å². The molecule has 0 heterocycles. The Balaban J connectivity index is 1.25. The summed E-state index contributed by atoms with van der Waals surface area (Å²) in [7, 11) is -4.12. The molecular weight excluding hydrogens is 520 g/mol. The standard InChI is InChI=1S/C29H50N2O7S/c1-18(10-13-30-25(34)6-7-26(35)31-14-15-39(36,37)38)21-4-5-22-27-23(9-12-29(21,22)3)28(2)11-8-20(32)16-19(28)17-24(27)33/h18-24,27,32-33H,4-17H2,1-3H3,(H,30,34)(H,31,35)(H,36,37,38)/t18?,19-,20+,21+,22-,23-,24-,27-,28-,29+/m0/s1. The van der Waals surface area contributed by atoms with Gasteiger partial charge in [-0.05, 0) is 104 Å². The van der Waals surface area contributed by atoms with Crippen molar-refractivity contribution in [3.05, 3.63) is 0 Å². The summed E-state index contributed by atoms with van der Waals surface area (Å²) in [6.07, 6.45) is 8.67. The molecule has 4 aliphatic rings. The Bertz CT molecular complexity index is 1010. The fraction of sp³-hybridized carbons (Fsp3) is 0.931. The van der Waals surface area contributed by atoms with E-state index in [9.17, 15) is 28.2 Å². The normalized spacial score (nSPS) is 40.6. The van der Waals surface area contributed by atoms with Crippen molar-refractivity contribution in [2.75, 3.05) is 18.8 Å². The molecule has 0 saturated heterocycles. The molecule has 5 N–H and O–H groups in total. The zero-order valence-corrected chi connectivity index (χ0v) is 24.7. The van der Waals surface area contributed by atoms with E-state index in [1.807, 2.05) is 0 Å². The van der Waals surface area contributed by atoms with Gasteiger partial charge < -0.3 is 20.8 Å². The summed E-state index contributed by atoms with van der Waals surface area (Å²) in [5.41, 5.74) is 0.426. The Kier molecular flexibility index (Phi) is 9.41. The summed E-state index contributed by atoms with van der Waals surface area (Å²) in [6.45, 7) is 7.55. The van der Waals surface area contributed by atoms with Gasteiger partial charge in [-0.25, -0.2) is 0 Å². The molecule has 0 aliphatic heterocycles. The molecule has 0 radical (unpaired) electrons. The summed E-state index contributed by atoms with van der Waals surface area (Å²) < 4.78 is 30.1. The molecule has 0 bridgehead atoms. The lowest BCUT2D eigenvalue weighted by atomic mass is 9.43. The van der Waals surface area contributed by atoms with Gasteiger partial charge in [-0.1, -0.05) is 20.8 Å². The molecule has 4 saturated carbocycles. The molecule has 0 aromatic rings. The first-order chi connectivity index (χ1) is 18.2. The molecule has 2 amide bonds. The van der Waals surface area contributed by atoms with Crippen LogP contribution in [0.25, 0.3) is 0 Å². The highest BCUT2D eigenvalue weighted by molar-refractivity contribution is 7.85. The van der Waals surface area contributed by atoms with Crippen molar-refractivity contribution in [2.45, 2.75) is 104 Å². The zero-order chi connectivity index (χ0) is 28.6. The van der Waals surface area contributed by atoms with Crippen LogP contribution in [0.4, 0.5) is 0 Å². The number of carbonyl (C=O) groups excluding carboxylic acids is 2. The molecule has 10 atom stereocenters. The predicted octanol–water partition coefficient (Wildman–Crippen LogP) is 2.90. The number of amides is 2. The second-order valence-electron chi connectivity index (χ2n) is 13.7. The number of aliphatic hydroxyl groups excluding tert-OH is 2. The maximum Gasteiger partial charge on any atom is 0.266 e. The van der Waals surface area contributed by atoms with Crippen molar-refractivity contribution in [1.29, 1.82) is 0 Å². The van der Waals surface area contributed by atoms with Crippen molar-refractivity contribution in [2.24, 2.45) is 46.3 Å². The average molecular weight is 571 g/mol. The number of nitrogens with one attached hydrogen (secondary N) is 2. The first-order valence-corrected chi connectivity index (χ1v) is 16.7. The molecule has 0 aromatic heterocycles. The van der Waals surface area contributed by atoms with Crippen LogP contribution in [0.5, 0.6) is 0 Å². The van der Waals surface area contributed by atoms with Crippen LogP contribution in [-0.2, 0) is 19.7 Å². The van der Waals surface area contributed by atoms with Gasteiger partial charge in [0.1, 0.15) is 0 Å². The summed E-state index contributed by atoms with van der Waals surface area (Å²) >= 11 is 0. The van der Waals surface area contributed by atoms with Crippen molar-refractivity contribution in [3.8, 4) is 0 Å². The van der Waals surface area contributed by atoms with E-state index in [-0.39, 0.29) is 48.3 Å². The average Bonchev–Trinajstić information content (AvgIpc) is 3.20. The number of aliphatic hydroxyl groups is 2. The predicted molar refractivity (Wildman–Crippen MR) is 148 cm³/mol. The molecule has 0 spiro atoms. The monoisotopic (exact) mass is 570 g/mol. The lowest BCUT2D eigenvalue weighted by molar-refractivity contribution is -0.174.